The highest BCUT2D eigenvalue weighted by molar-refractivity contribution is 6.01. The number of ether oxygens (including phenoxy) is 2. The highest BCUT2D eigenvalue weighted by atomic mass is 16.5. The molecule has 9 nitrogen and oxygen atoms in total. The van der Waals surface area contributed by atoms with Crippen molar-refractivity contribution in [2.75, 3.05) is 13.2 Å². The second-order valence-corrected chi connectivity index (χ2v) is 9.04. The molecule has 0 aliphatic carbocycles. The van der Waals surface area contributed by atoms with Gasteiger partial charge in [-0.25, -0.2) is 4.99 Å². The normalized spacial score (nSPS) is 17.9. The summed E-state index contributed by atoms with van der Waals surface area (Å²) in [5, 5.41) is 15.8. The Labute approximate surface area is 227 Å². The number of aliphatic hydroxyl groups excluding tert-OH is 1. The molecule has 2 N–H and O–H groups in total. The first-order valence-electron chi connectivity index (χ1n) is 12.7. The monoisotopic (exact) mass is 525 g/mol. The number of benzene rings is 3. The van der Waals surface area contributed by atoms with Crippen molar-refractivity contribution < 1.29 is 19.4 Å². The average molecular weight is 526 g/mol. The fourth-order valence-corrected chi connectivity index (χ4v) is 4.49. The predicted octanol–water partition coefficient (Wildman–Crippen LogP) is 5.41. The maximum absolute atomic E-state index is 13.9. The second kappa shape index (κ2) is 13.3. The van der Waals surface area contributed by atoms with Crippen molar-refractivity contribution in [1.29, 1.82) is 0 Å². The zero-order valence-electron chi connectivity index (χ0n) is 21.6. The van der Waals surface area contributed by atoms with Crippen LogP contribution in [0.2, 0.25) is 0 Å². The van der Waals surface area contributed by atoms with Gasteiger partial charge in [0.25, 0.3) is 5.91 Å². The molecule has 4 rings (SSSR count). The Morgan fingerprint density at radius 2 is 1.90 bits per heavy atom. The number of hydrogen-bond donors (Lipinski definition) is 2. The Morgan fingerprint density at radius 3 is 2.62 bits per heavy atom. The van der Waals surface area contributed by atoms with Crippen LogP contribution in [0.1, 0.15) is 41.2 Å². The third kappa shape index (κ3) is 6.46. The van der Waals surface area contributed by atoms with E-state index in [-0.39, 0.29) is 25.5 Å². The summed E-state index contributed by atoms with van der Waals surface area (Å²) < 4.78 is 12.1. The van der Waals surface area contributed by atoms with Crippen molar-refractivity contribution in [3.8, 4) is 5.75 Å². The topological polar surface area (TPSA) is 129 Å². The third-order valence-corrected chi connectivity index (χ3v) is 6.42. The molecule has 0 saturated carbocycles. The van der Waals surface area contributed by atoms with Crippen LogP contribution in [0.5, 0.6) is 5.75 Å². The largest absolute Gasteiger partial charge is 0.494 e. The summed E-state index contributed by atoms with van der Waals surface area (Å²) in [4.78, 5) is 21.8. The van der Waals surface area contributed by atoms with Gasteiger partial charge in [-0.05, 0) is 46.5 Å². The van der Waals surface area contributed by atoms with Gasteiger partial charge in [-0.3, -0.25) is 4.79 Å². The molecular formula is C30H31N5O4. The summed E-state index contributed by atoms with van der Waals surface area (Å²) in [7, 11) is 0. The van der Waals surface area contributed by atoms with Crippen molar-refractivity contribution in [3.05, 3.63) is 124 Å². The van der Waals surface area contributed by atoms with Crippen molar-refractivity contribution in [3.63, 3.8) is 0 Å². The molecule has 0 spiro atoms. The van der Waals surface area contributed by atoms with Crippen LogP contribution in [-0.4, -0.2) is 35.7 Å². The van der Waals surface area contributed by atoms with Gasteiger partial charge in [0.05, 0.1) is 13.2 Å². The van der Waals surface area contributed by atoms with Crippen LogP contribution >= 0.6 is 0 Å². The Bertz CT molecular complexity index is 1350. The van der Waals surface area contributed by atoms with Crippen molar-refractivity contribution >= 4 is 11.8 Å². The van der Waals surface area contributed by atoms with Crippen LogP contribution < -0.4 is 10.1 Å². The third-order valence-electron chi connectivity index (χ3n) is 6.42. The van der Waals surface area contributed by atoms with Gasteiger partial charge in [-0.2, -0.15) is 0 Å². The second-order valence-electron chi connectivity index (χ2n) is 9.04. The number of carbonyl (C=O) groups is 1. The van der Waals surface area contributed by atoms with E-state index in [2.05, 4.69) is 21.9 Å². The smallest absolute Gasteiger partial charge is 0.252 e. The van der Waals surface area contributed by atoms with Gasteiger partial charge in [0, 0.05) is 36.5 Å². The first kappa shape index (κ1) is 27.4. The van der Waals surface area contributed by atoms with Crippen molar-refractivity contribution in [1.82, 2.24) is 5.32 Å². The molecule has 0 aromatic heterocycles. The number of nitrogens with zero attached hydrogens (tertiary/aromatic N) is 4. The molecule has 1 amide bonds. The molecule has 1 heterocycles. The lowest BCUT2D eigenvalue weighted by molar-refractivity contribution is -0.129. The molecule has 9 heteroatoms. The Kier molecular flexibility index (Phi) is 9.34. The van der Waals surface area contributed by atoms with Crippen molar-refractivity contribution in [2.45, 2.75) is 37.6 Å². The minimum atomic E-state index is -1.34. The fraction of sp³-hybridized carbons (Fsp3) is 0.267. The van der Waals surface area contributed by atoms with Gasteiger partial charge in [0.2, 0.25) is 5.90 Å². The SMILES string of the molecule is C=CC[C@]1(C(=O)NCc2ccccc2)N=C(c2ccc(OCCCO)cc2)O[C@H]1c1ccccc1CN=[N+]=[N-]. The van der Waals surface area contributed by atoms with Crippen LogP contribution in [0.3, 0.4) is 0 Å². The summed E-state index contributed by atoms with van der Waals surface area (Å²) >= 11 is 0. The van der Waals surface area contributed by atoms with Gasteiger partial charge in [-0.15, -0.1) is 6.58 Å². The van der Waals surface area contributed by atoms with E-state index in [9.17, 15) is 4.79 Å². The minimum Gasteiger partial charge on any atom is -0.494 e. The van der Waals surface area contributed by atoms with Crippen LogP contribution in [0, 0.1) is 0 Å². The van der Waals surface area contributed by atoms with E-state index in [0.29, 0.717) is 42.3 Å². The summed E-state index contributed by atoms with van der Waals surface area (Å²) in [6.45, 7) is 4.81. The Hall–Kier alpha value is -4.59. The summed E-state index contributed by atoms with van der Waals surface area (Å²) in [6, 6.07) is 24.3. The molecule has 0 fully saturated rings. The zero-order chi connectivity index (χ0) is 27.5. The van der Waals surface area contributed by atoms with Crippen LogP contribution in [0.4, 0.5) is 0 Å². The number of amides is 1. The standard InChI is InChI=1S/C30H31N5O4/c1-2-17-30(29(37)32-20-22-9-4-3-5-10-22)27(26-12-7-6-11-24(26)21-33-35-31)39-28(34-30)23-13-15-25(16-14-23)38-19-8-18-36/h2-7,9-16,27,36H,1,8,17-21H2,(H,32,37)/t27-,30-/m0/s1. The van der Waals surface area contributed by atoms with Gasteiger partial charge >= 0.3 is 0 Å². The molecule has 0 unspecified atom stereocenters. The lowest BCUT2D eigenvalue weighted by Gasteiger charge is -2.30. The summed E-state index contributed by atoms with van der Waals surface area (Å²) in [6.07, 6.45) is 1.64. The van der Waals surface area contributed by atoms with Crippen LogP contribution in [0.15, 0.2) is 102 Å². The van der Waals surface area contributed by atoms with E-state index in [4.69, 9.17) is 25.1 Å². The van der Waals surface area contributed by atoms with E-state index >= 15 is 0 Å². The van der Waals surface area contributed by atoms with E-state index in [1.54, 1.807) is 18.2 Å². The van der Waals surface area contributed by atoms with Gasteiger partial charge in [-0.1, -0.05) is 65.8 Å². The molecule has 200 valence electrons. The number of aliphatic imine (C=N–C) groups is 1. The number of carbonyl (C=O) groups excluding carboxylic acids is 1. The average Bonchev–Trinajstić information content (AvgIpc) is 3.36. The van der Waals surface area contributed by atoms with Gasteiger partial charge in [0.1, 0.15) is 5.75 Å². The van der Waals surface area contributed by atoms with Crippen molar-refractivity contribution in [2.24, 2.45) is 10.1 Å². The fourth-order valence-electron chi connectivity index (χ4n) is 4.49. The Morgan fingerprint density at radius 1 is 1.15 bits per heavy atom. The van der Waals surface area contributed by atoms with E-state index in [1.807, 2.05) is 66.7 Å². The maximum Gasteiger partial charge on any atom is 0.252 e. The number of hydrogen-bond acceptors (Lipinski definition) is 6. The Balaban J connectivity index is 1.72. The highest BCUT2D eigenvalue weighted by Crippen LogP contribution is 2.44. The molecule has 0 bridgehead atoms. The first-order valence-corrected chi connectivity index (χ1v) is 12.7. The molecular weight excluding hydrogens is 494 g/mol. The van der Waals surface area contributed by atoms with E-state index in [0.717, 1.165) is 11.1 Å². The maximum atomic E-state index is 13.9. The molecule has 3 aromatic carbocycles. The molecule has 0 radical (unpaired) electrons. The first-order chi connectivity index (χ1) is 19.1. The molecule has 0 saturated heterocycles. The van der Waals surface area contributed by atoms with Crippen LogP contribution in [0.25, 0.3) is 10.4 Å². The number of azide groups is 1. The lowest BCUT2D eigenvalue weighted by Crippen LogP contribution is -2.48. The number of rotatable bonds is 13. The van der Waals surface area contributed by atoms with Gasteiger partial charge in [0.15, 0.2) is 11.6 Å². The minimum absolute atomic E-state index is 0.0585. The van der Waals surface area contributed by atoms with Gasteiger partial charge < -0.3 is 19.9 Å². The quantitative estimate of drug-likeness (QED) is 0.102. The highest BCUT2D eigenvalue weighted by Gasteiger charge is 2.52. The zero-order valence-corrected chi connectivity index (χ0v) is 21.6. The lowest BCUT2D eigenvalue weighted by atomic mass is 9.82. The van der Waals surface area contributed by atoms with Crippen LogP contribution in [-0.2, 0) is 22.6 Å². The summed E-state index contributed by atoms with van der Waals surface area (Å²) in [5.41, 5.74) is 10.7. The number of aliphatic hydroxyl groups is 1. The molecule has 1 aliphatic rings. The predicted molar refractivity (Wildman–Crippen MR) is 149 cm³/mol. The molecule has 3 aromatic rings. The molecule has 39 heavy (non-hydrogen) atoms. The molecule has 1 aliphatic heterocycles. The summed E-state index contributed by atoms with van der Waals surface area (Å²) in [5.74, 6) is 0.672. The molecule has 2 atom stereocenters. The number of nitrogens with one attached hydrogen (secondary N) is 1. The van der Waals surface area contributed by atoms with E-state index < -0.39 is 11.6 Å². The van der Waals surface area contributed by atoms with E-state index in [1.165, 1.54) is 0 Å².